The predicted molar refractivity (Wildman–Crippen MR) is 72.9 cm³/mol. The number of hydrogen-bond acceptors (Lipinski definition) is 3. The second kappa shape index (κ2) is 7.00. The minimum atomic E-state index is -4.35. The maximum atomic E-state index is 12.8. The molecule has 0 spiro atoms. The molecule has 0 aromatic heterocycles. The molecule has 7 heteroatoms. The topological polar surface area (TPSA) is 49.8 Å². The standard InChI is InChI=1S/C15H18F3NO3/c16-15(17,18)13-6-7-19(8-12(13)9-20)14(21)22-10-11-4-2-1-3-5-11/h1-5,12-13,20H,6-10H2. The van der Waals surface area contributed by atoms with Gasteiger partial charge in [0, 0.05) is 25.6 Å². The third kappa shape index (κ3) is 4.13. The van der Waals surface area contributed by atoms with Crippen LogP contribution in [0.15, 0.2) is 30.3 Å². The van der Waals surface area contributed by atoms with Crippen LogP contribution in [-0.2, 0) is 11.3 Å². The van der Waals surface area contributed by atoms with Crippen molar-refractivity contribution in [3.63, 3.8) is 0 Å². The number of likely N-dealkylation sites (tertiary alicyclic amines) is 1. The van der Waals surface area contributed by atoms with Gasteiger partial charge in [0.2, 0.25) is 0 Å². The van der Waals surface area contributed by atoms with Gasteiger partial charge < -0.3 is 14.7 Å². The van der Waals surface area contributed by atoms with E-state index in [1.807, 2.05) is 6.07 Å². The lowest BCUT2D eigenvalue weighted by Gasteiger charge is -2.37. The Bertz CT molecular complexity index is 493. The van der Waals surface area contributed by atoms with Crippen LogP contribution >= 0.6 is 0 Å². The summed E-state index contributed by atoms with van der Waals surface area (Å²) in [6.07, 6.45) is -5.22. The lowest BCUT2D eigenvalue weighted by molar-refractivity contribution is -0.203. The normalized spacial score (nSPS) is 22.5. The number of nitrogens with zero attached hydrogens (tertiary/aromatic N) is 1. The van der Waals surface area contributed by atoms with Gasteiger partial charge in [-0.3, -0.25) is 0 Å². The van der Waals surface area contributed by atoms with E-state index in [0.717, 1.165) is 5.56 Å². The fourth-order valence-electron chi connectivity index (χ4n) is 2.62. The van der Waals surface area contributed by atoms with Crippen molar-refractivity contribution >= 4 is 6.09 Å². The molecule has 0 aliphatic carbocycles. The molecule has 4 nitrogen and oxygen atoms in total. The van der Waals surface area contributed by atoms with Crippen molar-refractivity contribution in [2.75, 3.05) is 19.7 Å². The van der Waals surface area contributed by atoms with Gasteiger partial charge in [-0.1, -0.05) is 30.3 Å². The molecule has 2 atom stereocenters. The van der Waals surface area contributed by atoms with Crippen LogP contribution in [0.25, 0.3) is 0 Å². The van der Waals surface area contributed by atoms with E-state index >= 15 is 0 Å². The lowest BCUT2D eigenvalue weighted by Crippen LogP contribution is -2.49. The molecule has 1 saturated heterocycles. The summed E-state index contributed by atoms with van der Waals surface area (Å²) in [5, 5.41) is 9.15. The van der Waals surface area contributed by atoms with E-state index in [-0.39, 0.29) is 26.1 Å². The molecule has 1 fully saturated rings. The number of piperidine rings is 1. The van der Waals surface area contributed by atoms with Crippen LogP contribution in [-0.4, -0.2) is 42.0 Å². The lowest BCUT2D eigenvalue weighted by atomic mass is 9.85. The smallest absolute Gasteiger partial charge is 0.410 e. The molecule has 1 N–H and O–H groups in total. The summed E-state index contributed by atoms with van der Waals surface area (Å²) >= 11 is 0. The third-order valence-corrected chi connectivity index (χ3v) is 3.85. The summed E-state index contributed by atoms with van der Waals surface area (Å²) in [5.74, 6) is -2.58. The number of hydrogen-bond donors (Lipinski definition) is 1. The van der Waals surface area contributed by atoms with E-state index in [0.29, 0.717) is 0 Å². The zero-order chi connectivity index (χ0) is 16.2. The average Bonchev–Trinajstić information content (AvgIpc) is 2.52. The van der Waals surface area contributed by atoms with E-state index in [4.69, 9.17) is 9.84 Å². The maximum Gasteiger partial charge on any atom is 0.410 e. The number of amides is 1. The first kappa shape index (κ1) is 16.6. The van der Waals surface area contributed by atoms with Crippen molar-refractivity contribution in [1.82, 2.24) is 4.90 Å². The summed E-state index contributed by atoms with van der Waals surface area (Å²) in [5.41, 5.74) is 0.805. The van der Waals surface area contributed by atoms with Crippen molar-refractivity contribution in [2.45, 2.75) is 19.2 Å². The van der Waals surface area contributed by atoms with Gasteiger partial charge in [-0.15, -0.1) is 0 Å². The van der Waals surface area contributed by atoms with Crippen molar-refractivity contribution < 1.29 is 27.8 Å². The second-order valence-corrected chi connectivity index (χ2v) is 5.37. The van der Waals surface area contributed by atoms with Crippen LogP contribution in [0, 0.1) is 11.8 Å². The molecule has 1 heterocycles. The van der Waals surface area contributed by atoms with E-state index in [2.05, 4.69) is 0 Å². The molecular formula is C15H18F3NO3. The Morgan fingerprint density at radius 3 is 2.59 bits per heavy atom. The maximum absolute atomic E-state index is 12.8. The Labute approximate surface area is 126 Å². The first-order valence-corrected chi connectivity index (χ1v) is 7.05. The molecule has 122 valence electrons. The Hall–Kier alpha value is -1.76. The summed E-state index contributed by atoms with van der Waals surface area (Å²) in [6, 6.07) is 9.03. The quantitative estimate of drug-likeness (QED) is 0.932. The van der Waals surface area contributed by atoms with Gasteiger partial charge >= 0.3 is 12.3 Å². The number of halogens is 3. The largest absolute Gasteiger partial charge is 0.445 e. The van der Waals surface area contributed by atoms with Crippen LogP contribution in [0.3, 0.4) is 0 Å². The van der Waals surface area contributed by atoms with Gasteiger partial charge in [-0.2, -0.15) is 13.2 Å². The SMILES string of the molecule is O=C(OCc1ccccc1)N1CCC(C(F)(F)F)C(CO)C1. The van der Waals surface area contributed by atoms with Crippen molar-refractivity contribution in [3.8, 4) is 0 Å². The van der Waals surface area contributed by atoms with Gasteiger partial charge in [0.05, 0.1) is 5.92 Å². The number of aliphatic hydroxyl groups excluding tert-OH is 1. The van der Waals surface area contributed by atoms with Crippen LogP contribution in [0.5, 0.6) is 0 Å². The summed E-state index contributed by atoms with van der Waals surface area (Å²) in [4.78, 5) is 13.2. The van der Waals surface area contributed by atoms with E-state index < -0.39 is 30.7 Å². The molecule has 1 aliphatic rings. The molecule has 2 unspecified atom stereocenters. The molecule has 0 bridgehead atoms. The van der Waals surface area contributed by atoms with Crippen molar-refractivity contribution in [3.05, 3.63) is 35.9 Å². The summed E-state index contributed by atoms with van der Waals surface area (Å²) in [6.45, 7) is -0.697. The molecule has 2 rings (SSSR count). The van der Waals surface area contributed by atoms with Crippen LogP contribution < -0.4 is 0 Å². The van der Waals surface area contributed by atoms with Crippen LogP contribution in [0.4, 0.5) is 18.0 Å². The summed E-state index contributed by atoms with van der Waals surface area (Å²) in [7, 11) is 0. The molecule has 1 aromatic carbocycles. The minimum absolute atomic E-state index is 0.0195. The van der Waals surface area contributed by atoms with E-state index in [1.165, 1.54) is 4.90 Å². The molecule has 0 saturated carbocycles. The van der Waals surface area contributed by atoms with Crippen molar-refractivity contribution in [2.24, 2.45) is 11.8 Å². The number of carbonyl (C=O) groups excluding carboxylic acids is 1. The number of ether oxygens (including phenoxy) is 1. The number of alkyl halides is 3. The monoisotopic (exact) mass is 317 g/mol. The van der Waals surface area contributed by atoms with Crippen LogP contribution in [0.2, 0.25) is 0 Å². The first-order chi connectivity index (χ1) is 10.4. The number of aliphatic hydroxyl groups is 1. The van der Waals surface area contributed by atoms with Gasteiger partial charge in [0.15, 0.2) is 0 Å². The Balaban J connectivity index is 1.89. The molecule has 1 aliphatic heterocycles. The zero-order valence-electron chi connectivity index (χ0n) is 11.9. The van der Waals surface area contributed by atoms with Gasteiger partial charge in [-0.05, 0) is 12.0 Å². The average molecular weight is 317 g/mol. The summed E-state index contributed by atoms with van der Waals surface area (Å²) < 4.78 is 43.6. The zero-order valence-corrected chi connectivity index (χ0v) is 11.9. The van der Waals surface area contributed by atoms with Crippen molar-refractivity contribution in [1.29, 1.82) is 0 Å². The van der Waals surface area contributed by atoms with Crippen LogP contribution in [0.1, 0.15) is 12.0 Å². The highest BCUT2D eigenvalue weighted by Crippen LogP contribution is 2.37. The molecule has 1 aromatic rings. The highest BCUT2D eigenvalue weighted by Gasteiger charge is 2.47. The fraction of sp³-hybridized carbons (Fsp3) is 0.533. The third-order valence-electron chi connectivity index (χ3n) is 3.85. The molecule has 0 radical (unpaired) electrons. The Morgan fingerprint density at radius 1 is 1.32 bits per heavy atom. The Kier molecular flexibility index (Phi) is 5.28. The predicted octanol–water partition coefficient (Wildman–Crippen LogP) is 2.82. The molecule has 1 amide bonds. The highest BCUT2D eigenvalue weighted by molar-refractivity contribution is 5.67. The second-order valence-electron chi connectivity index (χ2n) is 5.37. The Morgan fingerprint density at radius 2 is 2.00 bits per heavy atom. The fourth-order valence-corrected chi connectivity index (χ4v) is 2.62. The highest BCUT2D eigenvalue weighted by atomic mass is 19.4. The van der Waals surface area contributed by atoms with Gasteiger partial charge in [0.25, 0.3) is 0 Å². The molecule has 22 heavy (non-hydrogen) atoms. The van der Waals surface area contributed by atoms with E-state index in [9.17, 15) is 18.0 Å². The first-order valence-electron chi connectivity index (χ1n) is 7.05. The van der Waals surface area contributed by atoms with Gasteiger partial charge in [0.1, 0.15) is 6.61 Å². The number of benzene rings is 1. The van der Waals surface area contributed by atoms with Gasteiger partial charge in [-0.25, -0.2) is 4.79 Å². The minimum Gasteiger partial charge on any atom is -0.445 e. The number of rotatable bonds is 3. The van der Waals surface area contributed by atoms with E-state index in [1.54, 1.807) is 24.3 Å². The number of carbonyl (C=O) groups is 1. The molecular weight excluding hydrogens is 299 g/mol.